The van der Waals surface area contributed by atoms with Crippen molar-refractivity contribution in [3.63, 3.8) is 0 Å². The van der Waals surface area contributed by atoms with Crippen LogP contribution in [0.5, 0.6) is 5.75 Å². The van der Waals surface area contributed by atoms with Crippen molar-refractivity contribution in [2.75, 3.05) is 18.2 Å². The van der Waals surface area contributed by atoms with E-state index in [4.69, 9.17) is 16.3 Å². The first-order chi connectivity index (χ1) is 16.0. The van der Waals surface area contributed by atoms with Gasteiger partial charge >= 0.3 is 0 Å². The van der Waals surface area contributed by atoms with Gasteiger partial charge in [0, 0.05) is 34.5 Å². The van der Waals surface area contributed by atoms with Gasteiger partial charge in [-0.05, 0) is 42.7 Å². The molecule has 1 atom stereocenters. The molecule has 0 aromatic heterocycles. The number of benzene rings is 2. The molecule has 6 nitrogen and oxygen atoms in total. The Hall–Kier alpha value is -3.21. The van der Waals surface area contributed by atoms with E-state index in [9.17, 15) is 14.9 Å². The van der Waals surface area contributed by atoms with E-state index in [1.807, 2.05) is 12.1 Å². The average molecular weight is 480 g/mol. The smallest absolute Gasteiger partial charge is 0.234 e. The van der Waals surface area contributed by atoms with Crippen molar-refractivity contribution < 1.29 is 14.3 Å². The molecule has 1 amide bonds. The Labute approximate surface area is 201 Å². The second kappa shape index (κ2) is 10.2. The molecule has 0 saturated heterocycles. The normalized spacial score (nSPS) is 17.7. The second-order valence-electron chi connectivity index (χ2n) is 7.70. The van der Waals surface area contributed by atoms with E-state index >= 15 is 0 Å². The standard InChI is InChI=1S/C25H22ClN3O3S/c1-32-18-5-2-4-17(12-18)28-22(31)14-33-25-19(13-27)23(15-8-10-16(26)11-9-15)24-20(29-25)6-3-7-21(24)30/h2,4-5,8-12,23,29H,3,6-7,14H2,1H3,(H,28,31)/t23-/m0/s1. The van der Waals surface area contributed by atoms with Crippen LogP contribution in [-0.4, -0.2) is 24.6 Å². The number of nitrogens with zero attached hydrogens (tertiary/aromatic N) is 1. The number of dihydropyridines is 1. The fourth-order valence-electron chi connectivity index (χ4n) is 4.06. The van der Waals surface area contributed by atoms with Crippen LogP contribution in [0.25, 0.3) is 0 Å². The van der Waals surface area contributed by atoms with Gasteiger partial charge in [-0.1, -0.05) is 41.6 Å². The lowest BCUT2D eigenvalue weighted by Gasteiger charge is -2.33. The predicted molar refractivity (Wildman–Crippen MR) is 130 cm³/mol. The number of nitrogens with one attached hydrogen (secondary N) is 2. The molecule has 0 unspecified atom stereocenters. The summed E-state index contributed by atoms with van der Waals surface area (Å²) in [6, 6.07) is 16.6. The van der Waals surface area contributed by atoms with Crippen LogP contribution < -0.4 is 15.4 Å². The second-order valence-corrected chi connectivity index (χ2v) is 9.12. The summed E-state index contributed by atoms with van der Waals surface area (Å²) in [7, 11) is 1.57. The van der Waals surface area contributed by atoms with Crippen molar-refractivity contribution in [1.82, 2.24) is 5.32 Å². The molecule has 8 heteroatoms. The lowest BCUT2D eigenvalue weighted by molar-refractivity contribution is -0.116. The van der Waals surface area contributed by atoms with Crippen molar-refractivity contribution >= 4 is 40.7 Å². The Morgan fingerprint density at radius 2 is 2.06 bits per heavy atom. The molecule has 2 aromatic carbocycles. The Balaban J connectivity index is 1.59. The van der Waals surface area contributed by atoms with Crippen LogP contribution in [0, 0.1) is 11.3 Å². The number of hydrogen-bond acceptors (Lipinski definition) is 6. The topological polar surface area (TPSA) is 91.2 Å². The zero-order valence-electron chi connectivity index (χ0n) is 18.0. The Kier molecular flexibility index (Phi) is 7.07. The third-order valence-electron chi connectivity index (χ3n) is 5.57. The minimum atomic E-state index is -0.472. The lowest BCUT2D eigenvalue weighted by atomic mass is 9.77. The molecule has 2 aliphatic rings. The first kappa shape index (κ1) is 23.0. The summed E-state index contributed by atoms with van der Waals surface area (Å²) < 4.78 is 5.19. The van der Waals surface area contributed by atoms with E-state index < -0.39 is 5.92 Å². The fraction of sp³-hybridized carbons (Fsp3) is 0.240. The number of halogens is 1. The van der Waals surface area contributed by atoms with Crippen molar-refractivity contribution in [3.05, 3.63) is 81.0 Å². The molecule has 1 aliphatic carbocycles. The van der Waals surface area contributed by atoms with Gasteiger partial charge in [0.25, 0.3) is 0 Å². The number of hydrogen-bond donors (Lipinski definition) is 2. The highest BCUT2D eigenvalue weighted by atomic mass is 35.5. The number of Topliss-reactive ketones (excluding diaryl/α,β-unsaturated/α-hetero) is 1. The van der Waals surface area contributed by atoms with E-state index in [2.05, 4.69) is 16.7 Å². The number of carbonyl (C=O) groups is 2. The van der Waals surface area contributed by atoms with Crippen molar-refractivity contribution in [2.45, 2.75) is 25.2 Å². The van der Waals surface area contributed by atoms with E-state index in [0.29, 0.717) is 39.1 Å². The van der Waals surface area contributed by atoms with Crippen molar-refractivity contribution in [3.8, 4) is 11.8 Å². The highest BCUT2D eigenvalue weighted by Crippen LogP contribution is 2.44. The number of allylic oxidation sites excluding steroid dienone is 3. The molecule has 0 radical (unpaired) electrons. The van der Waals surface area contributed by atoms with Gasteiger partial charge in [0.05, 0.1) is 35.5 Å². The van der Waals surface area contributed by atoms with Gasteiger partial charge in [-0.15, -0.1) is 0 Å². The molecule has 2 N–H and O–H groups in total. The van der Waals surface area contributed by atoms with Gasteiger partial charge < -0.3 is 15.4 Å². The molecule has 4 rings (SSSR count). The Bertz CT molecular complexity index is 1200. The van der Waals surface area contributed by atoms with Crippen molar-refractivity contribution in [2.24, 2.45) is 0 Å². The molecule has 2 aromatic rings. The van der Waals surface area contributed by atoms with Gasteiger partial charge in [0.2, 0.25) is 5.91 Å². The first-order valence-electron chi connectivity index (χ1n) is 10.5. The number of ketones is 1. The molecule has 33 heavy (non-hydrogen) atoms. The summed E-state index contributed by atoms with van der Waals surface area (Å²) in [6.45, 7) is 0. The Morgan fingerprint density at radius 1 is 1.27 bits per heavy atom. The lowest BCUT2D eigenvalue weighted by Crippen LogP contribution is -2.31. The number of anilines is 1. The quantitative estimate of drug-likeness (QED) is 0.595. The summed E-state index contributed by atoms with van der Waals surface area (Å²) in [5.41, 5.74) is 3.38. The van der Waals surface area contributed by atoms with Gasteiger partial charge in [-0.2, -0.15) is 5.26 Å². The maximum absolute atomic E-state index is 12.8. The van der Waals surface area contributed by atoms with E-state index in [1.165, 1.54) is 11.8 Å². The van der Waals surface area contributed by atoms with Crippen LogP contribution in [0.4, 0.5) is 5.69 Å². The highest BCUT2D eigenvalue weighted by Gasteiger charge is 2.37. The number of carbonyl (C=O) groups excluding carboxylic acids is 2. The highest BCUT2D eigenvalue weighted by molar-refractivity contribution is 8.03. The zero-order chi connectivity index (χ0) is 23.4. The van der Waals surface area contributed by atoms with Gasteiger partial charge in [0.15, 0.2) is 5.78 Å². The zero-order valence-corrected chi connectivity index (χ0v) is 19.6. The largest absolute Gasteiger partial charge is 0.497 e. The summed E-state index contributed by atoms with van der Waals surface area (Å²) in [4.78, 5) is 25.4. The molecular formula is C25H22ClN3O3S. The maximum atomic E-state index is 12.8. The van der Waals surface area contributed by atoms with Gasteiger partial charge in [-0.3, -0.25) is 9.59 Å². The average Bonchev–Trinajstić information content (AvgIpc) is 2.82. The van der Waals surface area contributed by atoms with Crippen LogP contribution in [0.2, 0.25) is 5.02 Å². The molecular weight excluding hydrogens is 458 g/mol. The van der Waals surface area contributed by atoms with Crippen molar-refractivity contribution in [1.29, 1.82) is 5.26 Å². The summed E-state index contributed by atoms with van der Waals surface area (Å²) in [5.74, 6) is 0.129. The third kappa shape index (κ3) is 5.08. The van der Waals surface area contributed by atoms with E-state index in [-0.39, 0.29) is 17.4 Å². The van der Waals surface area contributed by atoms with Crippen LogP contribution in [-0.2, 0) is 9.59 Å². The SMILES string of the molecule is COc1cccc(NC(=O)CSC2=C(C#N)[C@H](c3ccc(Cl)cc3)C3=C(CCCC3=O)N2)c1. The minimum Gasteiger partial charge on any atom is -0.497 e. The number of amides is 1. The summed E-state index contributed by atoms with van der Waals surface area (Å²) in [5, 5.41) is 17.4. The van der Waals surface area contributed by atoms with E-state index in [0.717, 1.165) is 24.1 Å². The van der Waals surface area contributed by atoms with Crippen LogP contribution in [0.3, 0.4) is 0 Å². The number of nitriles is 1. The first-order valence-corrected chi connectivity index (χ1v) is 11.9. The number of ether oxygens (including phenoxy) is 1. The van der Waals surface area contributed by atoms with Crippen LogP contribution in [0.15, 0.2) is 70.4 Å². The molecule has 1 aliphatic heterocycles. The number of thioether (sulfide) groups is 1. The molecule has 168 valence electrons. The molecule has 0 saturated carbocycles. The van der Waals surface area contributed by atoms with Gasteiger partial charge in [-0.25, -0.2) is 0 Å². The fourth-order valence-corrected chi connectivity index (χ4v) is 5.05. The molecule has 0 spiro atoms. The third-order valence-corrected chi connectivity index (χ3v) is 6.84. The molecule has 0 bridgehead atoms. The van der Waals surface area contributed by atoms with Crippen LogP contribution in [0.1, 0.15) is 30.7 Å². The molecule has 0 fully saturated rings. The minimum absolute atomic E-state index is 0.0521. The Morgan fingerprint density at radius 3 is 2.79 bits per heavy atom. The number of rotatable bonds is 6. The van der Waals surface area contributed by atoms with Crippen LogP contribution >= 0.6 is 23.4 Å². The summed E-state index contributed by atoms with van der Waals surface area (Å²) in [6.07, 6.45) is 1.95. The molecule has 1 heterocycles. The monoisotopic (exact) mass is 479 g/mol. The van der Waals surface area contributed by atoms with Gasteiger partial charge in [0.1, 0.15) is 5.75 Å². The number of methoxy groups -OCH3 is 1. The summed E-state index contributed by atoms with van der Waals surface area (Å²) >= 11 is 7.32. The predicted octanol–water partition coefficient (Wildman–Crippen LogP) is 5.15. The van der Waals surface area contributed by atoms with E-state index in [1.54, 1.807) is 43.5 Å². The maximum Gasteiger partial charge on any atom is 0.234 e.